The fourth-order valence-electron chi connectivity index (χ4n) is 2.17. The number of fused-ring (bicyclic) bond motifs is 1. The molecule has 1 N–H and O–H groups in total. The van der Waals surface area contributed by atoms with Crippen molar-refractivity contribution < 1.29 is 14.4 Å². The molecule has 0 spiro atoms. The molecule has 0 saturated carbocycles. The number of imide groups is 1. The molecule has 100 valence electrons. The molecule has 1 saturated heterocycles. The number of carbonyl (C=O) groups excluding carboxylic acids is 3. The number of piperazine rings is 1. The molecule has 1 fully saturated rings. The highest BCUT2D eigenvalue weighted by atomic mass is 16.2. The first-order valence-corrected chi connectivity index (χ1v) is 6.10. The molecule has 0 bridgehead atoms. The standard InChI is InChI=1S/C14H11N3O3/c18-12-7-17(8-13(19)16-12)14(20)10-3-4-11-9(6-10)2-1-5-15-11/h1-6H,7-8H2,(H,16,18,19). The van der Waals surface area contributed by atoms with Gasteiger partial charge in [0, 0.05) is 17.1 Å². The van der Waals surface area contributed by atoms with E-state index in [0.717, 1.165) is 10.9 Å². The molecule has 6 nitrogen and oxygen atoms in total. The van der Waals surface area contributed by atoms with Crippen LogP contribution in [-0.2, 0) is 9.59 Å². The number of hydrogen-bond donors (Lipinski definition) is 1. The molecular formula is C14H11N3O3. The van der Waals surface area contributed by atoms with Crippen molar-refractivity contribution in [3.05, 3.63) is 42.1 Å². The normalized spacial score (nSPS) is 15.3. The Bertz CT molecular complexity index is 710. The van der Waals surface area contributed by atoms with Crippen LogP contribution in [0.1, 0.15) is 10.4 Å². The van der Waals surface area contributed by atoms with E-state index in [1.807, 2.05) is 6.07 Å². The lowest BCUT2D eigenvalue weighted by Gasteiger charge is -2.25. The van der Waals surface area contributed by atoms with Crippen molar-refractivity contribution in [2.45, 2.75) is 0 Å². The van der Waals surface area contributed by atoms with Gasteiger partial charge in [-0.05, 0) is 24.3 Å². The SMILES string of the molecule is O=C1CN(C(=O)c2ccc3ncccc3c2)CC(=O)N1. The predicted octanol–water partition coefficient (Wildman–Crippen LogP) is 0.333. The molecule has 2 heterocycles. The number of carbonyl (C=O) groups is 3. The molecule has 0 aliphatic carbocycles. The Balaban J connectivity index is 1.92. The highest BCUT2D eigenvalue weighted by molar-refractivity contribution is 6.06. The van der Waals surface area contributed by atoms with Gasteiger partial charge in [0.25, 0.3) is 5.91 Å². The monoisotopic (exact) mass is 269 g/mol. The highest BCUT2D eigenvalue weighted by Gasteiger charge is 2.27. The minimum absolute atomic E-state index is 0.102. The third-order valence-electron chi connectivity index (χ3n) is 3.08. The zero-order valence-electron chi connectivity index (χ0n) is 10.5. The maximum Gasteiger partial charge on any atom is 0.254 e. The fourth-order valence-corrected chi connectivity index (χ4v) is 2.17. The van der Waals surface area contributed by atoms with E-state index < -0.39 is 11.8 Å². The van der Waals surface area contributed by atoms with Crippen LogP contribution in [0.2, 0.25) is 0 Å². The molecule has 1 aromatic heterocycles. The van der Waals surface area contributed by atoms with Crippen molar-refractivity contribution in [1.82, 2.24) is 15.2 Å². The Morgan fingerprint density at radius 2 is 1.90 bits per heavy atom. The summed E-state index contributed by atoms with van der Waals surface area (Å²) in [6.45, 7) is -0.203. The van der Waals surface area contributed by atoms with Crippen LogP contribution in [0.15, 0.2) is 36.5 Å². The van der Waals surface area contributed by atoms with E-state index in [1.54, 1.807) is 30.5 Å². The van der Waals surface area contributed by atoms with E-state index in [1.165, 1.54) is 4.90 Å². The van der Waals surface area contributed by atoms with Crippen LogP contribution in [0, 0.1) is 0 Å². The largest absolute Gasteiger partial charge is 0.320 e. The van der Waals surface area contributed by atoms with Crippen LogP contribution in [-0.4, -0.2) is 40.7 Å². The molecule has 3 rings (SSSR count). The van der Waals surface area contributed by atoms with E-state index in [0.29, 0.717) is 5.56 Å². The number of aromatic nitrogens is 1. The molecule has 1 aliphatic heterocycles. The summed E-state index contributed by atoms with van der Waals surface area (Å²) < 4.78 is 0. The molecule has 3 amide bonds. The van der Waals surface area contributed by atoms with Gasteiger partial charge in [0.2, 0.25) is 11.8 Å². The number of benzene rings is 1. The molecule has 0 radical (unpaired) electrons. The van der Waals surface area contributed by atoms with E-state index in [9.17, 15) is 14.4 Å². The maximum absolute atomic E-state index is 12.3. The van der Waals surface area contributed by atoms with Gasteiger partial charge in [-0.1, -0.05) is 6.07 Å². The van der Waals surface area contributed by atoms with E-state index in [4.69, 9.17) is 0 Å². The average Bonchev–Trinajstić information content (AvgIpc) is 2.45. The summed E-state index contributed by atoms with van der Waals surface area (Å²) in [6, 6.07) is 8.74. The number of pyridine rings is 1. The van der Waals surface area contributed by atoms with Crippen molar-refractivity contribution in [2.24, 2.45) is 0 Å². The van der Waals surface area contributed by atoms with Gasteiger partial charge in [-0.3, -0.25) is 24.7 Å². The quantitative estimate of drug-likeness (QED) is 0.757. The van der Waals surface area contributed by atoms with Gasteiger partial charge in [-0.25, -0.2) is 0 Å². The second kappa shape index (κ2) is 4.73. The van der Waals surface area contributed by atoms with Crippen molar-refractivity contribution in [2.75, 3.05) is 13.1 Å². The molecule has 1 aromatic carbocycles. The first-order chi connectivity index (χ1) is 9.63. The molecule has 0 atom stereocenters. The lowest BCUT2D eigenvalue weighted by molar-refractivity contribution is -0.135. The van der Waals surface area contributed by atoms with Crippen LogP contribution in [0.3, 0.4) is 0 Å². The van der Waals surface area contributed by atoms with E-state index in [-0.39, 0.29) is 19.0 Å². The molecule has 2 aromatic rings. The first-order valence-electron chi connectivity index (χ1n) is 6.10. The Labute approximate surface area is 114 Å². The lowest BCUT2D eigenvalue weighted by atomic mass is 10.1. The van der Waals surface area contributed by atoms with E-state index >= 15 is 0 Å². The third kappa shape index (κ3) is 2.23. The second-order valence-corrected chi connectivity index (χ2v) is 4.54. The van der Waals surface area contributed by atoms with Crippen molar-refractivity contribution in [1.29, 1.82) is 0 Å². The van der Waals surface area contributed by atoms with Gasteiger partial charge < -0.3 is 4.90 Å². The number of nitrogens with one attached hydrogen (secondary N) is 1. The summed E-state index contributed by atoms with van der Waals surface area (Å²) in [4.78, 5) is 40.3. The van der Waals surface area contributed by atoms with Gasteiger partial charge in [0.1, 0.15) is 13.1 Å². The van der Waals surface area contributed by atoms with Crippen LogP contribution in [0.5, 0.6) is 0 Å². The van der Waals surface area contributed by atoms with Gasteiger partial charge in [-0.2, -0.15) is 0 Å². The summed E-state index contributed by atoms with van der Waals surface area (Å²) in [7, 11) is 0. The average molecular weight is 269 g/mol. The predicted molar refractivity (Wildman–Crippen MR) is 70.8 cm³/mol. The first kappa shape index (κ1) is 12.3. The maximum atomic E-state index is 12.3. The summed E-state index contributed by atoms with van der Waals surface area (Å²) in [5, 5.41) is 3.00. The summed E-state index contributed by atoms with van der Waals surface area (Å²) >= 11 is 0. The van der Waals surface area contributed by atoms with Crippen molar-refractivity contribution in [3.8, 4) is 0 Å². The zero-order valence-corrected chi connectivity index (χ0v) is 10.5. The summed E-state index contributed by atoms with van der Waals surface area (Å²) in [5.41, 5.74) is 1.23. The smallest absolute Gasteiger partial charge is 0.254 e. The van der Waals surface area contributed by atoms with Gasteiger partial charge in [0.05, 0.1) is 5.52 Å². The highest BCUT2D eigenvalue weighted by Crippen LogP contribution is 2.15. The molecule has 20 heavy (non-hydrogen) atoms. The fraction of sp³-hybridized carbons (Fsp3) is 0.143. The Kier molecular flexibility index (Phi) is 2.90. The van der Waals surface area contributed by atoms with Gasteiger partial charge in [0.15, 0.2) is 0 Å². The zero-order chi connectivity index (χ0) is 14.1. The Morgan fingerprint density at radius 3 is 2.65 bits per heavy atom. The molecule has 0 unspecified atom stereocenters. The number of rotatable bonds is 1. The second-order valence-electron chi connectivity index (χ2n) is 4.54. The van der Waals surface area contributed by atoms with Crippen molar-refractivity contribution >= 4 is 28.6 Å². The minimum atomic E-state index is -0.461. The van der Waals surface area contributed by atoms with Crippen LogP contribution < -0.4 is 5.32 Å². The number of hydrogen-bond acceptors (Lipinski definition) is 4. The molecule has 6 heteroatoms. The van der Waals surface area contributed by atoms with Gasteiger partial charge in [-0.15, -0.1) is 0 Å². The third-order valence-corrected chi connectivity index (χ3v) is 3.08. The molecular weight excluding hydrogens is 258 g/mol. The van der Waals surface area contributed by atoms with Gasteiger partial charge >= 0.3 is 0 Å². The van der Waals surface area contributed by atoms with Crippen LogP contribution in [0.4, 0.5) is 0 Å². The minimum Gasteiger partial charge on any atom is -0.320 e. The topological polar surface area (TPSA) is 79.4 Å². The van der Waals surface area contributed by atoms with Crippen LogP contribution in [0.25, 0.3) is 10.9 Å². The summed E-state index contributed by atoms with van der Waals surface area (Å²) in [5.74, 6) is -1.26. The molecule has 1 aliphatic rings. The van der Waals surface area contributed by atoms with Crippen LogP contribution >= 0.6 is 0 Å². The summed E-state index contributed by atoms with van der Waals surface area (Å²) in [6.07, 6.45) is 1.68. The van der Waals surface area contributed by atoms with E-state index in [2.05, 4.69) is 10.3 Å². The number of amides is 3. The van der Waals surface area contributed by atoms with Crippen molar-refractivity contribution in [3.63, 3.8) is 0 Å². The Morgan fingerprint density at radius 1 is 1.15 bits per heavy atom. The lowest BCUT2D eigenvalue weighted by Crippen LogP contribution is -2.53. The Hall–Kier alpha value is -2.76. The number of nitrogens with zero attached hydrogens (tertiary/aromatic N) is 2.